The number of nitrogens with zero attached hydrogens (tertiary/aromatic N) is 1. The number of carboxylic acids is 1. The average molecular weight is 436 g/mol. The van der Waals surface area contributed by atoms with Crippen LogP contribution in [-0.4, -0.2) is 40.2 Å². The Morgan fingerprint density at radius 1 is 0.800 bits per heavy atom. The fourth-order valence-corrected chi connectivity index (χ4v) is 3.38. The molecule has 0 saturated heterocycles. The van der Waals surface area contributed by atoms with Crippen molar-refractivity contribution in [2.45, 2.75) is 86.1 Å². The number of amides is 1. The van der Waals surface area contributed by atoms with Crippen LogP contribution >= 0.6 is 12.6 Å². The van der Waals surface area contributed by atoms with Crippen LogP contribution in [0.5, 0.6) is 0 Å². The summed E-state index contributed by atoms with van der Waals surface area (Å²) in [5, 5.41) is 9.25. The van der Waals surface area contributed by atoms with Gasteiger partial charge in [0, 0.05) is 19.2 Å². The van der Waals surface area contributed by atoms with E-state index >= 15 is 0 Å². The Labute approximate surface area is 189 Å². The number of carbonyl (C=O) groups is 2. The van der Waals surface area contributed by atoms with Crippen molar-refractivity contribution < 1.29 is 14.7 Å². The molecular formula is C25H41NO3S. The van der Waals surface area contributed by atoms with Gasteiger partial charge in [-0.25, -0.2) is 4.79 Å². The quantitative estimate of drug-likeness (QED) is 0.246. The highest BCUT2D eigenvalue weighted by molar-refractivity contribution is 7.80. The van der Waals surface area contributed by atoms with Crippen molar-refractivity contribution in [2.75, 3.05) is 12.3 Å². The van der Waals surface area contributed by atoms with Crippen molar-refractivity contribution >= 4 is 24.5 Å². The standard InChI is InChI=1S/C25H41NO3S/c1-19(2)10-7-11-20(3)12-8-13-21(4)14-9-15-22(5)16-17-26(23(6)27)24(18-30)25(28)29/h10,12,14,16,24,30H,7-9,11,13,15,17-18H2,1-6H3,(H,28,29)/t24-/m0/s1. The summed E-state index contributed by atoms with van der Waals surface area (Å²) in [6, 6.07) is -0.893. The SMILES string of the molecule is CC(=O)N(CC=C(C)CCC=C(C)CCC=C(C)CCC=C(C)C)[C@@H](CS)C(=O)O. The van der Waals surface area contributed by atoms with Gasteiger partial charge in [0.25, 0.3) is 0 Å². The first-order valence-corrected chi connectivity index (χ1v) is 11.4. The van der Waals surface area contributed by atoms with Gasteiger partial charge in [-0.05, 0) is 73.1 Å². The molecule has 0 radical (unpaired) electrons. The molecule has 1 amide bonds. The second-order valence-electron chi connectivity index (χ2n) is 8.26. The van der Waals surface area contributed by atoms with Gasteiger partial charge in [-0.1, -0.05) is 46.6 Å². The molecule has 0 aliphatic carbocycles. The van der Waals surface area contributed by atoms with Crippen molar-refractivity contribution in [1.29, 1.82) is 0 Å². The van der Waals surface area contributed by atoms with Crippen LogP contribution in [-0.2, 0) is 9.59 Å². The lowest BCUT2D eigenvalue weighted by atomic mass is 10.0. The number of carboxylic acid groups (broad SMARTS) is 1. The lowest BCUT2D eigenvalue weighted by molar-refractivity contribution is -0.147. The Morgan fingerprint density at radius 2 is 1.23 bits per heavy atom. The Bertz CT molecular complexity index is 670. The number of allylic oxidation sites excluding steroid dienone is 7. The Hall–Kier alpha value is -1.75. The molecule has 4 nitrogen and oxygen atoms in total. The van der Waals surface area contributed by atoms with Crippen molar-refractivity contribution in [3.8, 4) is 0 Å². The minimum atomic E-state index is -1.02. The van der Waals surface area contributed by atoms with Crippen LogP contribution in [0.2, 0.25) is 0 Å². The number of hydrogen-bond acceptors (Lipinski definition) is 3. The van der Waals surface area contributed by atoms with E-state index in [-0.39, 0.29) is 11.7 Å². The van der Waals surface area contributed by atoms with Crippen LogP contribution in [0.3, 0.4) is 0 Å². The number of aliphatic carboxylic acids is 1. The largest absolute Gasteiger partial charge is 0.480 e. The molecule has 0 spiro atoms. The molecule has 5 heteroatoms. The van der Waals surface area contributed by atoms with E-state index in [1.807, 2.05) is 13.0 Å². The third kappa shape index (κ3) is 13.5. The number of carbonyl (C=O) groups excluding carboxylic acids is 1. The molecule has 0 rings (SSSR count). The van der Waals surface area contributed by atoms with Crippen molar-refractivity contribution in [1.82, 2.24) is 4.90 Å². The average Bonchev–Trinajstić information content (AvgIpc) is 2.64. The summed E-state index contributed by atoms with van der Waals surface area (Å²) < 4.78 is 0. The zero-order chi connectivity index (χ0) is 23.1. The summed E-state index contributed by atoms with van der Waals surface area (Å²) >= 11 is 4.07. The van der Waals surface area contributed by atoms with Crippen molar-refractivity contribution in [3.63, 3.8) is 0 Å². The first kappa shape index (κ1) is 28.2. The van der Waals surface area contributed by atoms with Gasteiger partial charge in [0.2, 0.25) is 5.91 Å². The molecule has 30 heavy (non-hydrogen) atoms. The van der Waals surface area contributed by atoms with Gasteiger partial charge in [0.05, 0.1) is 0 Å². The predicted octanol–water partition coefficient (Wildman–Crippen LogP) is 6.36. The maximum absolute atomic E-state index is 11.8. The van der Waals surface area contributed by atoms with E-state index in [0.29, 0.717) is 6.54 Å². The molecule has 0 aromatic carbocycles. The van der Waals surface area contributed by atoms with Gasteiger partial charge in [-0.2, -0.15) is 12.6 Å². The fraction of sp³-hybridized carbons (Fsp3) is 0.600. The molecule has 0 aromatic rings. The molecule has 0 heterocycles. The zero-order valence-electron chi connectivity index (χ0n) is 19.7. The summed E-state index contributed by atoms with van der Waals surface area (Å²) in [7, 11) is 0. The van der Waals surface area contributed by atoms with Gasteiger partial charge in [-0.3, -0.25) is 4.79 Å². The van der Waals surface area contributed by atoms with Gasteiger partial charge in [0.15, 0.2) is 0 Å². The maximum atomic E-state index is 11.8. The molecule has 0 saturated carbocycles. The Kier molecular flexibility index (Phi) is 15.1. The van der Waals surface area contributed by atoms with Gasteiger partial charge < -0.3 is 10.0 Å². The van der Waals surface area contributed by atoms with E-state index in [0.717, 1.165) is 44.1 Å². The summed E-state index contributed by atoms with van der Waals surface area (Å²) in [6.07, 6.45) is 15.1. The first-order chi connectivity index (χ1) is 14.1. The maximum Gasteiger partial charge on any atom is 0.327 e. The third-order valence-corrected chi connectivity index (χ3v) is 5.38. The number of thiol groups is 1. The molecule has 0 fully saturated rings. The molecular weight excluding hydrogens is 394 g/mol. The minimum absolute atomic E-state index is 0.104. The molecule has 0 unspecified atom stereocenters. The highest BCUT2D eigenvalue weighted by Crippen LogP contribution is 2.14. The van der Waals surface area contributed by atoms with E-state index < -0.39 is 12.0 Å². The number of hydrogen-bond donors (Lipinski definition) is 2. The van der Waals surface area contributed by atoms with Gasteiger partial charge >= 0.3 is 5.97 Å². The summed E-state index contributed by atoms with van der Waals surface area (Å²) in [5.41, 5.74) is 5.38. The van der Waals surface area contributed by atoms with Gasteiger partial charge in [-0.15, -0.1) is 0 Å². The smallest absolute Gasteiger partial charge is 0.327 e. The first-order valence-electron chi connectivity index (χ1n) is 10.8. The number of rotatable bonds is 14. The van der Waals surface area contributed by atoms with E-state index in [1.54, 1.807) is 0 Å². The van der Waals surface area contributed by atoms with Crippen LogP contribution in [0.25, 0.3) is 0 Å². The zero-order valence-corrected chi connectivity index (χ0v) is 20.6. The highest BCUT2D eigenvalue weighted by atomic mass is 32.1. The molecule has 170 valence electrons. The minimum Gasteiger partial charge on any atom is -0.480 e. The molecule has 0 bridgehead atoms. The second-order valence-corrected chi connectivity index (χ2v) is 8.62. The van der Waals surface area contributed by atoms with Crippen LogP contribution < -0.4 is 0 Å². The van der Waals surface area contributed by atoms with Crippen LogP contribution in [0.1, 0.15) is 80.1 Å². The van der Waals surface area contributed by atoms with E-state index in [1.165, 1.54) is 28.5 Å². The van der Waals surface area contributed by atoms with Crippen LogP contribution in [0.15, 0.2) is 46.6 Å². The van der Waals surface area contributed by atoms with Crippen LogP contribution in [0.4, 0.5) is 0 Å². The Morgan fingerprint density at radius 3 is 1.60 bits per heavy atom. The molecule has 0 aromatic heterocycles. The topological polar surface area (TPSA) is 57.6 Å². The van der Waals surface area contributed by atoms with E-state index in [9.17, 15) is 14.7 Å². The van der Waals surface area contributed by atoms with Crippen molar-refractivity contribution in [3.05, 3.63) is 46.6 Å². The van der Waals surface area contributed by atoms with Crippen LogP contribution in [0, 0.1) is 0 Å². The predicted molar refractivity (Wildman–Crippen MR) is 131 cm³/mol. The Balaban J connectivity index is 4.46. The summed E-state index contributed by atoms with van der Waals surface area (Å²) in [6.45, 7) is 12.4. The molecule has 1 N–H and O–H groups in total. The summed E-state index contributed by atoms with van der Waals surface area (Å²) in [5.74, 6) is -1.17. The third-order valence-electron chi connectivity index (χ3n) is 5.03. The monoisotopic (exact) mass is 435 g/mol. The molecule has 0 aliphatic heterocycles. The molecule has 0 aliphatic rings. The summed E-state index contributed by atoms with van der Waals surface area (Å²) in [4.78, 5) is 24.4. The van der Waals surface area contributed by atoms with Gasteiger partial charge in [0.1, 0.15) is 6.04 Å². The molecule has 1 atom stereocenters. The highest BCUT2D eigenvalue weighted by Gasteiger charge is 2.25. The lowest BCUT2D eigenvalue weighted by Crippen LogP contribution is -2.45. The fourth-order valence-electron chi connectivity index (χ4n) is 3.03. The van der Waals surface area contributed by atoms with Crippen molar-refractivity contribution in [2.24, 2.45) is 0 Å². The second kappa shape index (κ2) is 16.0. The lowest BCUT2D eigenvalue weighted by Gasteiger charge is -2.25. The van der Waals surface area contributed by atoms with E-state index in [4.69, 9.17) is 0 Å². The normalized spacial score (nSPS) is 13.8. The van der Waals surface area contributed by atoms with E-state index in [2.05, 4.69) is 58.6 Å².